The van der Waals surface area contributed by atoms with E-state index < -0.39 is 5.97 Å². The average Bonchev–Trinajstić information content (AvgIpc) is 2.64. The van der Waals surface area contributed by atoms with Crippen molar-refractivity contribution < 1.29 is 20.1 Å². The molecule has 0 aromatic heterocycles. The fourth-order valence-corrected chi connectivity index (χ4v) is 4.03. The van der Waals surface area contributed by atoms with E-state index in [0.29, 0.717) is 12.8 Å². The zero-order chi connectivity index (χ0) is 21.7. The molecular weight excluding hydrogens is 364 g/mol. The molecule has 4 nitrogen and oxygen atoms in total. The van der Waals surface area contributed by atoms with Crippen molar-refractivity contribution >= 4 is 5.97 Å². The molecule has 0 aliphatic carbocycles. The van der Waals surface area contributed by atoms with Crippen LogP contribution in [0.15, 0.2) is 18.2 Å². The lowest BCUT2D eigenvalue weighted by Crippen LogP contribution is -2.22. The maximum absolute atomic E-state index is 11.7. The van der Waals surface area contributed by atoms with Gasteiger partial charge in [-0.15, -0.1) is 0 Å². The predicted octanol–water partition coefficient (Wildman–Crippen LogP) is 7.17. The Kier molecular flexibility index (Phi) is 11.8. The Morgan fingerprint density at radius 1 is 0.897 bits per heavy atom. The number of rotatable bonds is 16. The molecule has 0 amide bonds. The lowest BCUT2D eigenvalue weighted by molar-refractivity contribution is -0.142. The second kappa shape index (κ2) is 13.5. The molecule has 4 heteroatoms. The highest BCUT2D eigenvalue weighted by Gasteiger charge is 2.27. The van der Waals surface area contributed by atoms with Gasteiger partial charge in [0.05, 0.1) is 5.92 Å². The van der Waals surface area contributed by atoms with Gasteiger partial charge in [0, 0.05) is 6.07 Å². The number of carboxylic acids is 1. The molecule has 1 rings (SSSR count). The second-order valence-corrected chi connectivity index (χ2v) is 9.13. The van der Waals surface area contributed by atoms with Gasteiger partial charge in [-0.25, -0.2) is 0 Å². The van der Waals surface area contributed by atoms with E-state index in [1.165, 1.54) is 57.4 Å². The van der Waals surface area contributed by atoms with Gasteiger partial charge in [0.2, 0.25) is 0 Å². The first kappa shape index (κ1) is 25.3. The standard InChI is InChI=1S/C25H42O4/c1-4-5-6-7-8-9-10-11-12-13-14-20(24(28)29)17-18-25(2,3)22-16-15-21(26)19-23(22)27/h15-16,19-20,26-27H,4-14,17-18H2,1-3H3,(H,28,29). The van der Waals surface area contributed by atoms with Crippen LogP contribution in [-0.4, -0.2) is 21.3 Å². The van der Waals surface area contributed by atoms with Gasteiger partial charge in [0.15, 0.2) is 0 Å². The maximum Gasteiger partial charge on any atom is 0.306 e. The van der Waals surface area contributed by atoms with E-state index in [1.54, 1.807) is 12.1 Å². The fraction of sp³-hybridized carbons (Fsp3) is 0.720. The Morgan fingerprint density at radius 3 is 1.97 bits per heavy atom. The molecule has 1 aromatic rings. The van der Waals surface area contributed by atoms with E-state index in [2.05, 4.69) is 6.92 Å². The SMILES string of the molecule is CCCCCCCCCCCCC(CCC(C)(C)c1ccc(O)cc1O)C(=O)O. The van der Waals surface area contributed by atoms with E-state index in [-0.39, 0.29) is 22.8 Å². The molecule has 1 aromatic carbocycles. The highest BCUT2D eigenvalue weighted by atomic mass is 16.4. The van der Waals surface area contributed by atoms with Gasteiger partial charge < -0.3 is 15.3 Å². The normalized spacial score (nSPS) is 12.8. The minimum Gasteiger partial charge on any atom is -0.508 e. The van der Waals surface area contributed by atoms with Gasteiger partial charge in [-0.1, -0.05) is 91.0 Å². The summed E-state index contributed by atoms with van der Waals surface area (Å²) in [5.74, 6) is -0.947. The van der Waals surface area contributed by atoms with Crippen LogP contribution in [0.3, 0.4) is 0 Å². The third kappa shape index (κ3) is 10.0. The number of phenols is 2. The summed E-state index contributed by atoms with van der Waals surface area (Å²) in [7, 11) is 0. The average molecular weight is 407 g/mol. The van der Waals surface area contributed by atoms with Gasteiger partial charge in [-0.2, -0.15) is 0 Å². The Hall–Kier alpha value is -1.71. The summed E-state index contributed by atoms with van der Waals surface area (Å²) in [6.07, 6.45) is 14.5. The second-order valence-electron chi connectivity index (χ2n) is 9.13. The number of carbonyl (C=O) groups is 1. The number of aromatic hydroxyl groups is 2. The van der Waals surface area contributed by atoms with Crippen molar-refractivity contribution in [3.8, 4) is 11.5 Å². The number of unbranched alkanes of at least 4 members (excludes halogenated alkanes) is 9. The molecule has 0 saturated carbocycles. The predicted molar refractivity (Wildman–Crippen MR) is 120 cm³/mol. The van der Waals surface area contributed by atoms with E-state index in [0.717, 1.165) is 24.8 Å². The third-order valence-corrected chi connectivity index (χ3v) is 6.08. The lowest BCUT2D eigenvalue weighted by Gasteiger charge is -2.27. The van der Waals surface area contributed by atoms with Gasteiger partial charge in [0.25, 0.3) is 0 Å². The Balaban J connectivity index is 2.32. The zero-order valence-electron chi connectivity index (χ0n) is 18.8. The maximum atomic E-state index is 11.7. The highest BCUT2D eigenvalue weighted by Crippen LogP contribution is 2.37. The van der Waals surface area contributed by atoms with Crippen molar-refractivity contribution in [3.63, 3.8) is 0 Å². The van der Waals surface area contributed by atoms with Crippen molar-refractivity contribution in [3.05, 3.63) is 23.8 Å². The molecule has 166 valence electrons. The number of hydrogen-bond acceptors (Lipinski definition) is 3. The number of hydrogen-bond donors (Lipinski definition) is 3. The molecule has 0 spiro atoms. The van der Waals surface area contributed by atoms with Crippen LogP contribution < -0.4 is 0 Å². The first-order valence-electron chi connectivity index (χ1n) is 11.5. The topological polar surface area (TPSA) is 77.8 Å². The van der Waals surface area contributed by atoms with Crippen LogP contribution in [0.25, 0.3) is 0 Å². The Labute approximate surface area is 177 Å². The summed E-state index contributed by atoms with van der Waals surface area (Å²) in [5, 5.41) is 29.2. The van der Waals surface area contributed by atoms with Crippen LogP contribution in [0, 0.1) is 5.92 Å². The number of aliphatic carboxylic acids is 1. The highest BCUT2D eigenvalue weighted by molar-refractivity contribution is 5.69. The molecule has 29 heavy (non-hydrogen) atoms. The van der Waals surface area contributed by atoms with Crippen molar-refractivity contribution in [2.45, 2.75) is 110 Å². The molecule has 0 radical (unpaired) electrons. The minimum absolute atomic E-state index is 0.0337. The molecule has 0 aliphatic heterocycles. The van der Waals surface area contributed by atoms with Crippen molar-refractivity contribution in [2.75, 3.05) is 0 Å². The van der Waals surface area contributed by atoms with Crippen LogP contribution in [0.2, 0.25) is 0 Å². The molecule has 1 atom stereocenters. The van der Waals surface area contributed by atoms with Gasteiger partial charge >= 0.3 is 5.97 Å². The number of phenolic OH excluding ortho intramolecular Hbond substituents is 2. The van der Waals surface area contributed by atoms with Crippen LogP contribution in [0.5, 0.6) is 11.5 Å². The lowest BCUT2D eigenvalue weighted by atomic mass is 9.77. The molecular formula is C25H42O4. The fourth-order valence-electron chi connectivity index (χ4n) is 4.03. The zero-order valence-corrected chi connectivity index (χ0v) is 18.8. The number of carboxylic acid groups (broad SMARTS) is 1. The molecule has 0 aliphatic rings. The minimum atomic E-state index is -0.716. The molecule has 3 N–H and O–H groups in total. The van der Waals surface area contributed by atoms with Crippen molar-refractivity contribution in [1.82, 2.24) is 0 Å². The Morgan fingerprint density at radius 2 is 1.45 bits per heavy atom. The summed E-state index contributed by atoms with van der Waals surface area (Å²) < 4.78 is 0. The summed E-state index contributed by atoms with van der Waals surface area (Å²) in [6.45, 7) is 6.26. The van der Waals surface area contributed by atoms with E-state index in [4.69, 9.17) is 0 Å². The summed E-state index contributed by atoms with van der Waals surface area (Å²) in [5.41, 5.74) is 0.405. The number of benzene rings is 1. The summed E-state index contributed by atoms with van der Waals surface area (Å²) >= 11 is 0. The quantitative estimate of drug-likeness (QED) is 0.254. The summed E-state index contributed by atoms with van der Waals surface area (Å²) in [6, 6.07) is 4.63. The monoisotopic (exact) mass is 406 g/mol. The molecule has 1 unspecified atom stereocenters. The first-order chi connectivity index (χ1) is 13.8. The van der Waals surface area contributed by atoms with Gasteiger partial charge in [-0.3, -0.25) is 4.79 Å². The molecule has 0 bridgehead atoms. The van der Waals surface area contributed by atoms with Crippen LogP contribution in [-0.2, 0) is 10.2 Å². The van der Waals surface area contributed by atoms with Crippen molar-refractivity contribution in [2.24, 2.45) is 5.92 Å². The molecule has 0 saturated heterocycles. The molecule has 0 heterocycles. The van der Waals surface area contributed by atoms with E-state index in [9.17, 15) is 20.1 Å². The van der Waals surface area contributed by atoms with Crippen LogP contribution >= 0.6 is 0 Å². The first-order valence-corrected chi connectivity index (χ1v) is 11.5. The van der Waals surface area contributed by atoms with Crippen LogP contribution in [0.1, 0.15) is 110 Å². The van der Waals surface area contributed by atoms with Gasteiger partial charge in [0.1, 0.15) is 11.5 Å². The van der Waals surface area contributed by atoms with E-state index in [1.807, 2.05) is 13.8 Å². The smallest absolute Gasteiger partial charge is 0.306 e. The molecule has 0 fully saturated rings. The van der Waals surface area contributed by atoms with Crippen LogP contribution in [0.4, 0.5) is 0 Å². The Bertz CT molecular complexity index is 594. The largest absolute Gasteiger partial charge is 0.508 e. The van der Waals surface area contributed by atoms with Gasteiger partial charge in [-0.05, 0) is 36.3 Å². The van der Waals surface area contributed by atoms with Crippen molar-refractivity contribution in [1.29, 1.82) is 0 Å². The van der Waals surface area contributed by atoms with E-state index >= 15 is 0 Å². The third-order valence-electron chi connectivity index (χ3n) is 6.08. The summed E-state index contributed by atoms with van der Waals surface area (Å²) in [4.78, 5) is 11.7.